The molecule has 86 valence electrons. The summed E-state index contributed by atoms with van der Waals surface area (Å²) in [6, 6.07) is 12.0. The van der Waals surface area contributed by atoms with Crippen LogP contribution in [0.25, 0.3) is 0 Å². The van der Waals surface area contributed by atoms with Gasteiger partial charge in [0.1, 0.15) is 0 Å². The number of nitrogens with zero attached hydrogens (tertiary/aromatic N) is 2. The number of hydrogen-bond acceptors (Lipinski definition) is 3. The molecule has 0 aliphatic heterocycles. The summed E-state index contributed by atoms with van der Waals surface area (Å²) in [5.74, 6) is 0. The highest BCUT2D eigenvalue weighted by Crippen LogP contribution is 2.09. The maximum atomic E-state index is 4.33. The van der Waals surface area contributed by atoms with Crippen molar-refractivity contribution >= 4 is 11.4 Å². The molecule has 0 unspecified atom stereocenters. The van der Waals surface area contributed by atoms with Crippen molar-refractivity contribution in [3.63, 3.8) is 0 Å². The van der Waals surface area contributed by atoms with Crippen LogP contribution in [0.2, 0.25) is 0 Å². The zero-order valence-electron chi connectivity index (χ0n) is 10.0. The third-order valence-corrected chi connectivity index (χ3v) is 2.45. The molecule has 0 saturated heterocycles. The SMILES string of the molecule is C/C(=N\Nc1cccc(C)c1)c1cccnc1. The average molecular weight is 225 g/mol. The van der Waals surface area contributed by atoms with Crippen LogP contribution in [0, 0.1) is 6.92 Å². The number of pyridine rings is 1. The molecule has 0 saturated carbocycles. The summed E-state index contributed by atoms with van der Waals surface area (Å²) in [6.07, 6.45) is 3.56. The Morgan fingerprint density at radius 1 is 1.24 bits per heavy atom. The molecule has 3 heteroatoms. The first-order valence-corrected chi connectivity index (χ1v) is 5.53. The van der Waals surface area contributed by atoms with Crippen LogP contribution in [0.5, 0.6) is 0 Å². The lowest BCUT2D eigenvalue weighted by molar-refractivity contribution is 1.28. The number of aryl methyl sites for hydroxylation is 1. The third-order valence-electron chi connectivity index (χ3n) is 2.45. The van der Waals surface area contributed by atoms with E-state index in [4.69, 9.17) is 0 Å². The maximum Gasteiger partial charge on any atom is 0.0663 e. The monoisotopic (exact) mass is 225 g/mol. The largest absolute Gasteiger partial charge is 0.278 e. The lowest BCUT2D eigenvalue weighted by Crippen LogP contribution is -2.00. The Balaban J connectivity index is 2.11. The van der Waals surface area contributed by atoms with E-state index in [1.807, 2.05) is 31.2 Å². The molecule has 0 aliphatic carbocycles. The van der Waals surface area contributed by atoms with Gasteiger partial charge in [-0.1, -0.05) is 18.2 Å². The molecule has 0 atom stereocenters. The average Bonchev–Trinajstić information content (AvgIpc) is 2.37. The first-order valence-electron chi connectivity index (χ1n) is 5.53. The molecule has 3 nitrogen and oxygen atoms in total. The summed E-state index contributed by atoms with van der Waals surface area (Å²) >= 11 is 0. The summed E-state index contributed by atoms with van der Waals surface area (Å²) in [5, 5.41) is 4.33. The van der Waals surface area contributed by atoms with E-state index in [-0.39, 0.29) is 0 Å². The van der Waals surface area contributed by atoms with Gasteiger partial charge in [-0.15, -0.1) is 0 Å². The van der Waals surface area contributed by atoms with Crippen molar-refractivity contribution in [1.29, 1.82) is 0 Å². The van der Waals surface area contributed by atoms with E-state index >= 15 is 0 Å². The van der Waals surface area contributed by atoms with Gasteiger partial charge in [0.15, 0.2) is 0 Å². The molecule has 0 bridgehead atoms. The Morgan fingerprint density at radius 3 is 2.82 bits per heavy atom. The van der Waals surface area contributed by atoms with E-state index in [0.29, 0.717) is 0 Å². The second-order valence-electron chi connectivity index (χ2n) is 3.92. The van der Waals surface area contributed by atoms with Gasteiger partial charge in [-0.05, 0) is 37.6 Å². The van der Waals surface area contributed by atoms with Crippen LogP contribution in [-0.2, 0) is 0 Å². The van der Waals surface area contributed by atoms with E-state index in [9.17, 15) is 0 Å². The maximum absolute atomic E-state index is 4.33. The van der Waals surface area contributed by atoms with Crippen molar-refractivity contribution in [2.24, 2.45) is 5.10 Å². The number of hydrogen-bond donors (Lipinski definition) is 1. The Hall–Kier alpha value is -2.16. The fourth-order valence-corrected chi connectivity index (χ4v) is 1.50. The van der Waals surface area contributed by atoms with Gasteiger partial charge in [-0.25, -0.2) is 0 Å². The molecule has 1 N–H and O–H groups in total. The molecule has 2 rings (SSSR count). The third kappa shape index (κ3) is 3.14. The highest BCUT2D eigenvalue weighted by atomic mass is 15.3. The summed E-state index contributed by atoms with van der Waals surface area (Å²) in [7, 11) is 0. The second kappa shape index (κ2) is 5.25. The molecule has 1 aromatic carbocycles. The molecule has 1 heterocycles. The summed E-state index contributed by atoms with van der Waals surface area (Å²) in [4.78, 5) is 4.07. The van der Waals surface area contributed by atoms with Crippen LogP contribution in [0.4, 0.5) is 5.69 Å². The van der Waals surface area contributed by atoms with Gasteiger partial charge in [0, 0.05) is 18.0 Å². The van der Waals surface area contributed by atoms with E-state index in [1.165, 1.54) is 5.56 Å². The molecular formula is C14H15N3. The van der Waals surface area contributed by atoms with Crippen molar-refractivity contribution in [1.82, 2.24) is 4.98 Å². The van der Waals surface area contributed by atoms with Crippen LogP contribution in [-0.4, -0.2) is 10.7 Å². The topological polar surface area (TPSA) is 37.3 Å². The van der Waals surface area contributed by atoms with Gasteiger partial charge in [0.2, 0.25) is 0 Å². The highest BCUT2D eigenvalue weighted by Gasteiger charge is 1.96. The van der Waals surface area contributed by atoms with Crippen LogP contribution in [0.15, 0.2) is 53.9 Å². The number of aromatic nitrogens is 1. The predicted molar refractivity (Wildman–Crippen MR) is 71.2 cm³/mol. The number of nitrogens with one attached hydrogen (secondary N) is 1. The Morgan fingerprint density at radius 2 is 2.12 bits per heavy atom. The molecule has 0 fully saturated rings. The number of hydrazone groups is 1. The van der Waals surface area contributed by atoms with Gasteiger partial charge in [0.05, 0.1) is 11.4 Å². The first-order chi connectivity index (χ1) is 8.25. The van der Waals surface area contributed by atoms with Crippen molar-refractivity contribution in [2.75, 3.05) is 5.43 Å². The lowest BCUT2D eigenvalue weighted by Gasteiger charge is -2.03. The minimum atomic E-state index is 0.916. The van der Waals surface area contributed by atoms with Crippen LogP contribution >= 0.6 is 0 Å². The van der Waals surface area contributed by atoms with E-state index in [2.05, 4.69) is 34.6 Å². The van der Waals surface area contributed by atoms with Gasteiger partial charge in [-0.2, -0.15) is 5.10 Å². The summed E-state index contributed by atoms with van der Waals surface area (Å²) < 4.78 is 0. The summed E-state index contributed by atoms with van der Waals surface area (Å²) in [6.45, 7) is 4.02. The molecule has 0 aliphatic rings. The van der Waals surface area contributed by atoms with Crippen LogP contribution < -0.4 is 5.43 Å². The van der Waals surface area contributed by atoms with Crippen molar-refractivity contribution in [2.45, 2.75) is 13.8 Å². The molecule has 17 heavy (non-hydrogen) atoms. The molecule has 2 aromatic rings. The zero-order valence-corrected chi connectivity index (χ0v) is 10.0. The number of anilines is 1. The normalized spacial score (nSPS) is 11.3. The predicted octanol–water partition coefficient (Wildman–Crippen LogP) is 3.23. The van der Waals surface area contributed by atoms with Crippen molar-refractivity contribution in [3.05, 3.63) is 59.9 Å². The van der Waals surface area contributed by atoms with E-state index in [1.54, 1.807) is 12.4 Å². The highest BCUT2D eigenvalue weighted by molar-refractivity contribution is 5.98. The van der Waals surface area contributed by atoms with Crippen molar-refractivity contribution < 1.29 is 0 Å². The van der Waals surface area contributed by atoms with Gasteiger partial charge in [-0.3, -0.25) is 10.4 Å². The molecular weight excluding hydrogens is 210 g/mol. The van der Waals surface area contributed by atoms with E-state index in [0.717, 1.165) is 17.0 Å². The smallest absolute Gasteiger partial charge is 0.0663 e. The number of rotatable bonds is 3. The molecule has 0 amide bonds. The van der Waals surface area contributed by atoms with Crippen LogP contribution in [0.3, 0.4) is 0 Å². The molecule has 0 spiro atoms. The summed E-state index contributed by atoms with van der Waals surface area (Å²) in [5.41, 5.74) is 7.19. The minimum Gasteiger partial charge on any atom is -0.278 e. The minimum absolute atomic E-state index is 0.916. The van der Waals surface area contributed by atoms with Crippen LogP contribution in [0.1, 0.15) is 18.1 Å². The zero-order chi connectivity index (χ0) is 12.1. The molecule has 0 radical (unpaired) electrons. The van der Waals surface area contributed by atoms with Gasteiger partial charge < -0.3 is 0 Å². The van der Waals surface area contributed by atoms with E-state index < -0.39 is 0 Å². The Labute approximate surface area is 101 Å². The Kier molecular flexibility index (Phi) is 3.50. The first kappa shape index (κ1) is 11.3. The lowest BCUT2D eigenvalue weighted by atomic mass is 10.2. The Bertz CT molecular complexity index is 518. The second-order valence-corrected chi connectivity index (χ2v) is 3.92. The standard InChI is InChI=1S/C14H15N3/c1-11-5-3-7-14(9-11)17-16-12(2)13-6-4-8-15-10-13/h3-10,17H,1-2H3/b16-12+. The van der Waals surface area contributed by atoms with Crippen molar-refractivity contribution in [3.8, 4) is 0 Å². The molecule has 1 aromatic heterocycles. The van der Waals surface area contributed by atoms with Gasteiger partial charge >= 0.3 is 0 Å². The van der Waals surface area contributed by atoms with Gasteiger partial charge in [0.25, 0.3) is 0 Å². The fourth-order valence-electron chi connectivity index (χ4n) is 1.50. The quantitative estimate of drug-likeness (QED) is 0.643. The fraction of sp³-hybridized carbons (Fsp3) is 0.143. The number of benzene rings is 1.